The first-order valence-electron chi connectivity index (χ1n) is 10.1. The van der Waals surface area contributed by atoms with Crippen LogP contribution in [0.1, 0.15) is 42.4 Å². The molecular formula is C22H24N2O3S. The van der Waals surface area contributed by atoms with E-state index in [0.717, 1.165) is 55.3 Å². The highest BCUT2D eigenvalue weighted by Gasteiger charge is 2.36. The van der Waals surface area contributed by atoms with Crippen LogP contribution in [0.25, 0.3) is 0 Å². The van der Waals surface area contributed by atoms with Gasteiger partial charge in [-0.25, -0.2) is 8.42 Å². The van der Waals surface area contributed by atoms with Crippen molar-refractivity contribution < 1.29 is 13.2 Å². The maximum Gasteiger partial charge on any atom is 0.261 e. The fourth-order valence-electron chi connectivity index (χ4n) is 4.31. The van der Waals surface area contributed by atoms with Crippen LogP contribution in [-0.2, 0) is 34.1 Å². The van der Waals surface area contributed by atoms with Crippen molar-refractivity contribution in [2.24, 2.45) is 5.92 Å². The lowest BCUT2D eigenvalue weighted by atomic mass is 9.92. The molecule has 2 aliphatic carbocycles. The summed E-state index contributed by atoms with van der Waals surface area (Å²) in [6.07, 6.45) is 7.01. The molecule has 0 aromatic heterocycles. The van der Waals surface area contributed by atoms with Crippen molar-refractivity contribution in [3.8, 4) is 0 Å². The van der Waals surface area contributed by atoms with Crippen molar-refractivity contribution in [1.82, 2.24) is 0 Å². The SMILES string of the molecule is O=C(C1CC1)N1CCc2ccc(NS(=O)(=O)c3ccc4c(c3)CCCC4)cc21. The van der Waals surface area contributed by atoms with E-state index in [9.17, 15) is 13.2 Å². The van der Waals surface area contributed by atoms with Crippen LogP contribution in [-0.4, -0.2) is 20.9 Å². The van der Waals surface area contributed by atoms with E-state index in [-0.39, 0.29) is 11.8 Å². The topological polar surface area (TPSA) is 66.5 Å². The fourth-order valence-corrected chi connectivity index (χ4v) is 5.41. The van der Waals surface area contributed by atoms with Crippen LogP contribution in [0.15, 0.2) is 41.3 Å². The van der Waals surface area contributed by atoms with Gasteiger partial charge in [-0.2, -0.15) is 0 Å². The Bertz CT molecular complexity index is 1060. The summed E-state index contributed by atoms with van der Waals surface area (Å²) in [6, 6.07) is 11.0. The summed E-state index contributed by atoms with van der Waals surface area (Å²) in [7, 11) is -3.66. The predicted octanol–water partition coefficient (Wildman–Crippen LogP) is 3.67. The normalized spacial score (nSPS) is 18.5. The number of nitrogens with zero attached hydrogens (tertiary/aromatic N) is 1. The molecule has 5 rings (SSSR count). The van der Waals surface area contributed by atoms with Gasteiger partial charge in [0.05, 0.1) is 10.6 Å². The summed E-state index contributed by atoms with van der Waals surface area (Å²) >= 11 is 0. The zero-order valence-electron chi connectivity index (χ0n) is 15.8. The second kappa shape index (κ2) is 6.62. The minimum Gasteiger partial charge on any atom is -0.312 e. The number of carbonyl (C=O) groups is 1. The number of rotatable bonds is 4. The molecule has 0 saturated heterocycles. The predicted molar refractivity (Wildman–Crippen MR) is 109 cm³/mol. The Morgan fingerprint density at radius 3 is 2.46 bits per heavy atom. The third kappa shape index (κ3) is 3.20. The second-order valence-electron chi connectivity index (χ2n) is 8.10. The third-order valence-electron chi connectivity index (χ3n) is 6.06. The van der Waals surface area contributed by atoms with Gasteiger partial charge in [0.15, 0.2) is 0 Å². The largest absolute Gasteiger partial charge is 0.312 e. The highest BCUT2D eigenvalue weighted by Crippen LogP contribution is 2.38. The lowest BCUT2D eigenvalue weighted by Gasteiger charge is -2.19. The van der Waals surface area contributed by atoms with Gasteiger partial charge < -0.3 is 4.90 Å². The smallest absolute Gasteiger partial charge is 0.261 e. The van der Waals surface area contributed by atoms with E-state index >= 15 is 0 Å². The van der Waals surface area contributed by atoms with E-state index in [1.807, 2.05) is 23.1 Å². The molecule has 1 fully saturated rings. The van der Waals surface area contributed by atoms with Gasteiger partial charge in [-0.05, 0) is 85.9 Å². The summed E-state index contributed by atoms with van der Waals surface area (Å²) in [5.41, 5.74) is 4.86. The molecule has 28 heavy (non-hydrogen) atoms. The van der Waals surface area contributed by atoms with Gasteiger partial charge in [0.25, 0.3) is 10.0 Å². The summed E-state index contributed by atoms with van der Waals surface area (Å²) in [5.74, 6) is 0.329. The van der Waals surface area contributed by atoms with E-state index in [4.69, 9.17) is 0 Å². The van der Waals surface area contributed by atoms with Crippen LogP contribution in [0.4, 0.5) is 11.4 Å². The van der Waals surface area contributed by atoms with Gasteiger partial charge in [-0.1, -0.05) is 12.1 Å². The average molecular weight is 397 g/mol. The first kappa shape index (κ1) is 17.7. The van der Waals surface area contributed by atoms with Crippen LogP contribution in [0.5, 0.6) is 0 Å². The van der Waals surface area contributed by atoms with E-state index in [2.05, 4.69) is 4.72 Å². The molecule has 1 aliphatic heterocycles. The Morgan fingerprint density at radius 1 is 0.929 bits per heavy atom. The van der Waals surface area contributed by atoms with Crippen LogP contribution >= 0.6 is 0 Å². The monoisotopic (exact) mass is 396 g/mol. The molecule has 1 amide bonds. The van der Waals surface area contributed by atoms with Gasteiger partial charge >= 0.3 is 0 Å². The lowest BCUT2D eigenvalue weighted by Crippen LogP contribution is -2.30. The van der Waals surface area contributed by atoms with Gasteiger partial charge in [0, 0.05) is 18.2 Å². The Kier molecular flexibility index (Phi) is 4.19. The number of carbonyl (C=O) groups excluding carboxylic acids is 1. The molecule has 6 heteroatoms. The first-order valence-corrected chi connectivity index (χ1v) is 11.6. The van der Waals surface area contributed by atoms with E-state index < -0.39 is 10.0 Å². The number of amides is 1. The van der Waals surface area contributed by atoms with E-state index in [1.54, 1.807) is 18.2 Å². The quantitative estimate of drug-likeness (QED) is 0.858. The number of aryl methyl sites for hydroxylation is 2. The van der Waals surface area contributed by atoms with Gasteiger partial charge in [-0.15, -0.1) is 0 Å². The van der Waals surface area contributed by atoms with Crippen molar-refractivity contribution in [1.29, 1.82) is 0 Å². The summed E-state index contributed by atoms with van der Waals surface area (Å²) in [5, 5.41) is 0. The molecule has 1 saturated carbocycles. The fraction of sp³-hybridized carbons (Fsp3) is 0.409. The number of benzene rings is 2. The third-order valence-corrected chi connectivity index (χ3v) is 7.43. The zero-order valence-corrected chi connectivity index (χ0v) is 16.6. The Labute approximate surface area is 165 Å². The highest BCUT2D eigenvalue weighted by atomic mass is 32.2. The first-order chi connectivity index (χ1) is 13.5. The number of hydrogen-bond donors (Lipinski definition) is 1. The molecule has 1 N–H and O–H groups in total. The molecule has 0 atom stereocenters. The molecule has 5 nitrogen and oxygen atoms in total. The molecule has 146 valence electrons. The van der Waals surface area contributed by atoms with Crippen molar-refractivity contribution in [2.75, 3.05) is 16.2 Å². The van der Waals surface area contributed by atoms with Gasteiger partial charge in [0.1, 0.15) is 0 Å². The Morgan fingerprint density at radius 2 is 1.68 bits per heavy atom. The van der Waals surface area contributed by atoms with Crippen LogP contribution < -0.4 is 9.62 Å². The van der Waals surface area contributed by atoms with Crippen molar-refractivity contribution in [3.05, 3.63) is 53.1 Å². The Hall–Kier alpha value is -2.34. The van der Waals surface area contributed by atoms with Crippen molar-refractivity contribution >= 4 is 27.3 Å². The van der Waals surface area contributed by atoms with Crippen molar-refractivity contribution in [3.63, 3.8) is 0 Å². The number of nitrogens with one attached hydrogen (secondary N) is 1. The standard InChI is InChI=1S/C22H24N2O3S/c25-22(17-5-6-17)24-12-11-16-7-9-19(14-21(16)24)23-28(26,27)20-10-8-15-3-1-2-4-18(15)13-20/h7-10,13-14,17,23H,1-6,11-12H2. The molecule has 0 bridgehead atoms. The summed E-state index contributed by atoms with van der Waals surface area (Å²) in [6.45, 7) is 0.686. The van der Waals surface area contributed by atoms with Gasteiger partial charge in [-0.3, -0.25) is 9.52 Å². The van der Waals surface area contributed by atoms with Crippen LogP contribution in [0.3, 0.4) is 0 Å². The van der Waals surface area contributed by atoms with Crippen molar-refractivity contribution in [2.45, 2.75) is 49.8 Å². The molecular weight excluding hydrogens is 372 g/mol. The molecule has 2 aromatic carbocycles. The summed E-state index contributed by atoms with van der Waals surface area (Å²) in [4.78, 5) is 14.6. The van der Waals surface area contributed by atoms with Crippen LogP contribution in [0.2, 0.25) is 0 Å². The van der Waals surface area contributed by atoms with Gasteiger partial charge in [0.2, 0.25) is 5.91 Å². The average Bonchev–Trinajstić information content (AvgIpc) is 3.46. The molecule has 2 aromatic rings. The molecule has 1 heterocycles. The lowest BCUT2D eigenvalue weighted by molar-refractivity contribution is -0.119. The Balaban J connectivity index is 1.41. The number of anilines is 2. The molecule has 0 radical (unpaired) electrons. The molecule has 3 aliphatic rings. The van der Waals surface area contributed by atoms with E-state index in [0.29, 0.717) is 17.1 Å². The highest BCUT2D eigenvalue weighted by molar-refractivity contribution is 7.92. The van der Waals surface area contributed by atoms with E-state index in [1.165, 1.54) is 12.0 Å². The second-order valence-corrected chi connectivity index (χ2v) is 9.78. The minimum atomic E-state index is -3.66. The minimum absolute atomic E-state index is 0.154. The number of hydrogen-bond acceptors (Lipinski definition) is 3. The number of fused-ring (bicyclic) bond motifs is 2. The van der Waals surface area contributed by atoms with Crippen LogP contribution in [0, 0.1) is 5.92 Å². The maximum atomic E-state index is 12.9. The zero-order chi connectivity index (χ0) is 19.3. The summed E-state index contributed by atoms with van der Waals surface area (Å²) < 4.78 is 28.6. The number of sulfonamides is 1. The molecule has 0 spiro atoms. The maximum absolute atomic E-state index is 12.9. The molecule has 0 unspecified atom stereocenters.